The minimum Gasteiger partial charge on any atom is -0.495 e. The van der Waals surface area contributed by atoms with E-state index in [4.69, 9.17) is 4.74 Å². The van der Waals surface area contributed by atoms with E-state index in [0.29, 0.717) is 5.69 Å². The zero-order valence-corrected chi connectivity index (χ0v) is 19.5. The number of sulfonamides is 1. The van der Waals surface area contributed by atoms with Crippen LogP contribution in [0.25, 0.3) is 0 Å². The summed E-state index contributed by atoms with van der Waals surface area (Å²) in [5, 5.41) is 5.93. The van der Waals surface area contributed by atoms with E-state index >= 15 is 0 Å². The molecule has 0 saturated heterocycles. The van der Waals surface area contributed by atoms with E-state index in [9.17, 15) is 17.6 Å². The Morgan fingerprint density at radius 2 is 1.74 bits per heavy atom. The number of rotatable bonds is 8. The number of carbonyl (C=O) groups excluding carboxylic acids is 1. The first kappa shape index (κ1) is 24.8. The second kappa shape index (κ2) is 9.76. The Labute approximate surface area is 183 Å². The molecule has 0 bridgehead atoms. The van der Waals surface area contributed by atoms with Gasteiger partial charge in [0.2, 0.25) is 15.9 Å². The molecular formula is C22H30FN3O4S. The molecule has 0 heterocycles. The summed E-state index contributed by atoms with van der Waals surface area (Å²) in [7, 11) is 0.477. The summed E-state index contributed by atoms with van der Waals surface area (Å²) in [6, 6.07) is 10.4. The Hall–Kier alpha value is -2.49. The van der Waals surface area contributed by atoms with Gasteiger partial charge in [0.1, 0.15) is 16.5 Å². The molecule has 7 nitrogen and oxygen atoms in total. The number of benzene rings is 2. The molecule has 0 radical (unpaired) electrons. The lowest BCUT2D eigenvalue weighted by Crippen LogP contribution is -2.37. The summed E-state index contributed by atoms with van der Waals surface area (Å²) in [5.74, 6) is -0.471. The van der Waals surface area contributed by atoms with Crippen molar-refractivity contribution in [1.29, 1.82) is 0 Å². The number of hydrogen-bond donors (Lipinski definition) is 2. The van der Waals surface area contributed by atoms with Gasteiger partial charge in [0, 0.05) is 25.8 Å². The molecule has 0 aromatic heterocycles. The summed E-state index contributed by atoms with van der Waals surface area (Å²) in [6.07, 6.45) is 0. The van der Waals surface area contributed by atoms with Gasteiger partial charge in [0.25, 0.3) is 0 Å². The molecule has 2 rings (SSSR count). The monoisotopic (exact) mass is 451 g/mol. The third-order valence-corrected chi connectivity index (χ3v) is 6.58. The number of nitrogens with zero attached hydrogens (tertiary/aromatic N) is 1. The van der Waals surface area contributed by atoms with Gasteiger partial charge in [-0.05, 0) is 41.3 Å². The summed E-state index contributed by atoms with van der Waals surface area (Å²) in [6.45, 7) is 6.05. The summed E-state index contributed by atoms with van der Waals surface area (Å²) < 4.78 is 44.6. The van der Waals surface area contributed by atoms with Crippen molar-refractivity contribution in [1.82, 2.24) is 9.62 Å². The number of nitrogens with one attached hydrogen (secondary N) is 2. The van der Waals surface area contributed by atoms with E-state index in [2.05, 4.69) is 10.6 Å². The Morgan fingerprint density at radius 1 is 1.13 bits per heavy atom. The first-order valence-corrected chi connectivity index (χ1v) is 11.2. The molecule has 1 amide bonds. The summed E-state index contributed by atoms with van der Waals surface area (Å²) >= 11 is 0. The molecule has 2 aromatic carbocycles. The smallest absolute Gasteiger partial charge is 0.246 e. The molecule has 0 saturated carbocycles. The second-order valence-corrected chi connectivity index (χ2v) is 10.6. The van der Waals surface area contributed by atoms with Crippen LogP contribution in [0.15, 0.2) is 47.4 Å². The quantitative estimate of drug-likeness (QED) is 0.642. The lowest BCUT2D eigenvalue weighted by molar-refractivity contribution is -0.115. The Morgan fingerprint density at radius 3 is 2.26 bits per heavy atom. The Kier molecular flexibility index (Phi) is 7.80. The van der Waals surface area contributed by atoms with Crippen molar-refractivity contribution in [2.24, 2.45) is 5.41 Å². The van der Waals surface area contributed by atoms with Crippen molar-refractivity contribution >= 4 is 21.6 Å². The predicted octanol–water partition coefficient (Wildman–Crippen LogP) is 3.40. The number of carbonyl (C=O) groups is 1. The van der Waals surface area contributed by atoms with Crippen molar-refractivity contribution in [3.63, 3.8) is 0 Å². The normalized spacial score (nSPS) is 13.2. The molecule has 0 fully saturated rings. The van der Waals surface area contributed by atoms with Gasteiger partial charge in [-0.3, -0.25) is 4.79 Å². The van der Waals surface area contributed by atoms with Crippen LogP contribution < -0.4 is 15.4 Å². The van der Waals surface area contributed by atoms with Crippen molar-refractivity contribution < 1.29 is 22.3 Å². The Bertz CT molecular complexity index is 1020. The van der Waals surface area contributed by atoms with Gasteiger partial charge in [-0.2, -0.15) is 0 Å². The molecule has 31 heavy (non-hydrogen) atoms. The predicted molar refractivity (Wildman–Crippen MR) is 119 cm³/mol. The van der Waals surface area contributed by atoms with Gasteiger partial charge >= 0.3 is 0 Å². The first-order chi connectivity index (χ1) is 14.4. The average Bonchev–Trinajstić information content (AvgIpc) is 2.68. The standard InChI is InChI=1S/C22H30FN3O4S/c1-22(2,3)21(15-7-9-16(23)10-8-15)24-14-20(27)25-17-11-12-18(30-6)19(13-17)31(28,29)26(4)5/h7-13,21,24H,14H2,1-6H3,(H,25,27). The SMILES string of the molecule is COc1ccc(NC(=O)CNC(c2ccc(F)cc2)C(C)(C)C)cc1S(=O)(=O)N(C)C. The number of anilines is 1. The van der Waals surface area contributed by atoms with Crippen LogP contribution in [-0.2, 0) is 14.8 Å². The molecule has 0 aliphatic heterocycles. The van der Waals surface area contributed by atoms with Crippen LogP contribution in [0.4, 0.5) is 10.1 Å². The molecule has 1 atom stereocenters. The molecular weight excluding hydrogens is 421 g/mol. The highest BCUT2D eigenvalue weighted by molar-refractivity contribution is 7.89. The van der Waals surface area contributed by atoms with Crippen LogP contribution in [0.2, 0.25) is 0 Å². The van der Waals surface area contributed by atoms with Gasteiger partial charge in [-0.1, -0.05) is 32.9 Å². The highest BCUT2D eigenvalue weighted by Gasteiger charge is 2.27. The van der Waals surface area contributed by atoms with E-state index in [0.717, 1.165) is 9.87 Å². The molecule has 2 N–H and O–H groups in total. The third kappa shape index (κ3) is 6.25. The molecule has 1 unspecified atom stereocenters. The zero-order chi connectivity index (χ0) is 23.4. The topological polar surface area (TPSA) is 87.7 Å². The molecule has 0 spiro atoms. The van der Waals surface area contributed by atoms with Gasteiger partial charge in [-0.25, -0.2) is 17.1 Å². The van der Waals surface area contributed by atoms with Crippen LogP contribution in [0.3, 0.4) is 0 Å². The van der Waals surface area contributed by atoms with Crippen molar-refractivity contribution in [2.75, 3.05) is 33.1 Å². The van der Waals surface area contributed by atoms with E-state index in [1.807, 2.05) is 20.8 Å². The lowest BCUT2D eigenvalue weighted by atomic mass is 9.82. The number of ether oxygens (including phenoxy) is 1. The Balaban J connectivity index is 2.17. The molecule has 0 aliphatic carbocycles. The van der Waals surface area contributed by atoms with Gasteiger partial charge < -0.3 is 15.4 Å². The number of methoxy groups -OCH3 is 1. The highest BCUT2D eigenvalue weighted by Crippen LogP contribution is 2.33. The van der Waals surface area contributed by atoms with Crippen LogP contribution in [0.1, 0.15) is 32.4 Å². The average molecular weight is 452 g/mol. The van der Waals surface area contributed by atoms with Crippen molar-refractivity contribution in [3.05, 3.63) is 53.8 Å². The van der Waals surface area contributed by atoms with Gasteiger partial charge in [-0.15, -0.1) is 0 Å². The van der Waals surface area contributed by atoms with Gasteiger partial charge in [0.15, 0.2) is 0 Å². The van der Waals surface area contributed by atoms with E-state index in [1.54, 1.807) is 18.2 Å². The fourth-order valence-electron chi connectivity index (χ4n) is 3.13. The van der Waals surface area contributed by atoms with Crippen LogP contribution in [0.5, 0.6) is 5.75 Å². The second-order valence-electron chi connectivity index (χ2n) is 8.43. The number of amides is 1. The van der Waals surface area contributed by atoms with Crippen LogP contribution in [0, 0.1) is 11.2 Å². The number of halogens is 1. The maximum absolute atomic E-state index is 13.3. The van der Waals surface area contributed by atoms with Crippen molar-refractivity contribution in [3.8, 4) is 5.75 Å². The molecule has 0 aliphatic rings. The summed E-state index contributed by atoms with van der Waals surface area (Å²) in [4.78, 5) is 12.5. The fourth-order valence-corrected chi connectivity index (χ4v) is 4.21. The zero-order valence-electron chi connectivity index (χ0n) is 18.7. The fraction of sp³-hybridized carbons (Fsp3) is 0.409. The molecule has 9 heteroatoms. The third-order valence-electron chi connectivity index (χ3n) is 4.74. The highest BCUT2D eigenvalue weighted by atomic mass is 32.2. The van der Waals surface area contributed by atoms with Crippen LogP contribution in [-0.4, -0.2) is 46.4 Å². The van der Waals surface area contributed by atoms with E-state index < -0.39 is 10.0 Å². The van der Waals surface area contributed by atoms with Crippen molar-refractivity contribution in [2.45, 2.75) is 31.7 Å². The largest absolute Gasteiger partial charge is 0.495 e. The minimum absolute atomic E-state index is 0.0128. The minimum atomic E-state index is -3.75. The first-order valence-electron chi connectivity index (χ1n) is 9.75. The molecule has 170 valence electrons. The van der Waals surface area contributed by atoms with Crippen LogP contribution >= 0.6 is 0 Å². The number of hydrogen-bond acceptors (Lipinski definition) is 5. The summed E-state index contributed by atoms with van der Waals surface area (Å²) in [5.41, 5.74) is 0.971. The van der Waals surface area contributed by atoms with E-state index in [1.165, 1.54) is 45.5 Å². The van der Waals surface area contributed by atoms with E-state index in [-0.39, 0.29) is 40.4 Å². The lowest BCUT2D eigenvalue weighted by Gasteiger charge is -2.32. The molecule has 2 aromatic rings. The maximum atomic E-state index is 13.3. The van der Waals surface area contributed by atoms with Gasteiger partial charge in [0.05, 0.1) is 13.7 Å². The maximum Gasteiger partial charge on any atom is 0.246 e.